The van der Waals surface area contributed by atoms with E-state index >= 15 is 0 Å². The molecule has 2 aliphatic heterocycles. The molecule has 0 radical (unpaired) electrons. The minimum absolute atomic E-state index is 0.0546. The van der Waals surface area contributed by atoms with Crippen LogP contribution >= 0.6 is 0 Å². The van der Waals surface area contributed by atoms with E-state index in [1.165, 1.54) is 21.4 Å². The molecule has 3 unspecified atom stereocenters. The molecule has 0 bridgehead atoms. The van der Waals surface area contributed by atoms with Crippen molar-refractivity contribution in [2.45, 2.75) is 44.7 Å². The molecule has 0 aliphatic carbocycles. The smallest absolute Gasteiger partial charge is 0.338 e. The van der Waals surface area contributed by atoms with Gasteiger partial charge in [0.25, 0.3) is 5.91 Å². The zero-order valence-corrected chi connectivity index (χ0v) is 22.1. The largest absolute Gasteiger partial charge is 0.462 e. The minimum atomic E-state index is -0.576. The number of nitrogens with one attached hydrogen (secondary N) is 1. The highest BCUT2D eigenvalue weighted by Crippen LogP contribution is 2.45. The third-order valence-corrected chi connectivity index (χ3v) is 7.96. The fraction of sp³-hybridized carbons (Fsp3) is 0.281. The number of aromatic amines is 1. The molecule has 0 spiro atoms. The number of nitrogens with zero attached hydrogens (tertiary/aromatic N) is 2. The van der Waals surface area contributed by atoms with Gasteiger partial charge in [0.05, 0.1) is 30.3 Å². The molecule has 2 aliphatic rings. The van der Waals surface area contributed by atoms with Crippen molar-refractivity contribution in [1.29, 1.82) is 0 Å². The summed E-state index contributed by atoms with van der Waals surface area (Å²) in [6, 6.07) is 24.5. The summed E-state index contributed by atoms with van der Waals surface area (Å²) in [6.45, 7) is 5.01. The lowest BCUT2D eigenvalue weighted by atomic mass is 9.83. The van der Waals surface area contributed by atoms with Gasteiger partial charge in [0.1, 0.15) is 0 Å². The van der Waals surface area contributed by atoms with E-state index in [1.54, 1.807) is 24.3 Å². The third kappa shape index (κ3) is 4.33. The molecule has 1 aromatic heterocycles. The van der Waals surface area contributed by atoms with Gasteiger partial charge in [0, 0.05) is 35.1 Å². The first-order valence-corrected chi connectivity index (χ1v) is 13.5. The molecule has 3 aromatic carbocycles. The normalized spacial score (nSPS) is 21.4. The van der Waals surface area contributed by atoms with Gasteiger partial charge in [-0.2, -0.15) is 0 Å². The number of para-hydroxylation sites is 1. The maximum absolute atomic E-state index is 13.8. The predicted molar refractivity (Wildman–Crippen MR) is 150 cm³/mol. The molecule has 2 amide bonds. The van der Waals surface area contributed by atoms with E-state index < -0.39 is 12.0 Å². The van der Waals surface area contributed by atoms with Crippen LogP contribution in [0.25, 0.3) is 10.9 Å². The summed E-state index contributed by atoms with van der Waals surface area (Å²) in [5.41, 5.74) is 5.47. The first kappa shape index (κ1) is 25.1. The Bertz CT molecular complexity index is 1540. The lowest BCUT2D eigenvalue weighted by molar-refractivity contribution is -0.123. The summed E-state index contributed by atoms with van der Waals surface area (Å²) < 4.78 is 5.19. The van der Waals surface area contributed by atoms with Crippen molar-refractivity contribution in [2.24, 2.45) is 0 Å². The molecule has 7 nitrogen and oxygen atoms in total. The highest BCUT2D eigenvalue weighted by Gasteiger charge is 2.47. The van der Waals surface area contributed by atoms with Gasteiger partial charge in [0.2, 0.25) is 5.91 Å². The molecule has 198 valence electrons. The third-order valence-electron chi connectivity index (χ3n) is 7.96. The van der Waals surface area contributed by atoms with E-state index in [0.717, 1.165) is 17.6 Å². The molecule has 4 aromatic rings. The fourth-order valence-electron chi connectivity index (χ4n) is 6.04. The maximum Gasteiger partial charge on any atom is 0.338 e. The number of benzene rings is 3. The van der Waals surface area contributed by atoms with Crippen molar-refractivity contribution < 1.29 is 19.1 Å². The van der Waals surface area contributed by atoms with Gasteiger partial charge in [-0.1, -0.05) is 55.5 Å². The van der Waals surface area contributed by atoms with Crippen LogP contribution in [0.1, 0.15) is 65.8 Å². The van der Waals surface area contributed by atoms with Crippen molar-refractivity contribution in [2.75, 3.05) is 18.1 Å². The molecular formula is C32H31N3O4. The fourth-order valence-corrected chi connectivity index (χ4v) is 6.04. The van der Waals surface area contributed by atoms with Crippen molar-refractivity contribution in [3.8, 4) is 0 Å². The number of hydrogen-bond acceptors (Lipinski definition) is 5. The van der Waals surface area contributed by atoms with E-state index in [0.29, 0.717) is 24.4 Å². The van der Waals surface area contributed by atoms with Crippen LogP contribution in [0, 0.1) is 0 Å². The molecular weight excluding hydrogens is 490 g/mol. The second kappa shape index (κ2) is 10.2. The SMILES string of the molecule is CCCOC(=O)c1ccc(N2C(=O)CC(N3CC(c4ccccc4)c4c([nH]c5ccccc45)C3C)C2=O)cc1. The predicted octanol–water partition coefficient (Wildman–Crippen LogP) is 5.58. The summed E-state index contributed by atoms with van der Waals surface area (Å²) in [5.74, 6) is -0.834. The van der Waals surface area contributed by atoms with Gasteiger partial charge in [-0.25, -0.2) is 9.69 Å². The summed E-state index contributed by atoms with van der Waals surface area (Å²) in [5, 5.41) is 1.20. The van der Waals surface area contributed by atoms with Crippen LogP contribution in [-0.4, -0.2) is 46.9 Å². The van der Waals surface area contributed by atoms with Crippen molar-refractivity contribution in [1.82, 2.24) is 9.88 Å². The summed E-state index contributed by atoms with van der Waals surface area (Å²) in [7, 11) is 0. The number of H-pyrrole nitrogens is 1. The molecule has 6 rings (SSSR count). The van der Waals surface area contributed by atoms with Crippen LogP contribution in [0.2, 0.25) is 0 Å². The number of imide groups is 1. The quantitative estimate of drug-likeness (QED) is 0.265. The lowest BCUT2D eigenvalue weighted by Gasteiger charge is -2.40. The average molecular weight is 522 g/mol. The number of carbonyl (C=O) groups is 3. The standard InChI is InChI=1S/C32H31N3O4/c1-3-17-39-32(38)22-13-15-23(16-14-22)35-28(36)18-27(31(35)37)34-19-25(21-9-5-4-6-10-21)29-24-11-7-8-12-26(24)33-30(29)20(34)2/h4-16,20,25,27,33H,3,17-19H2,1-2H3. The number of carbonyl (C=O) groups excluding carboxylic acids is 3. The second-order valence-corrected chi connectivity index (χ2v) is 10.3. The molecule has 1 saturated heterocycles. The Morgan fingerprint density at radius 1 is 0.974 bits per heavy atom. The van der Waals surface area contributed by atoms with E-state index in [4.69, 9.17) is 4.74 Å². The number of hydrogen-bond donors (Lipinski definition) is 1. The van der Waals surface area contributed by atoms with E-state index in [2.05, 4.69) is 47.1 Å². The van der Waals surface area contributed by atoms with Crippen molar-refractivity contribution in [3.05, 3.63) is 101 Å². The van der Waals surface area contributed by atoms with Crippen LogP contribution in [0.3, 0.4) is 0 Å². The average Bonchev–Trinajstić information content (AvgIpc) is 3.50. The van der Waals surface area contributed by atoms with Crippen LogP contribution in [0.15, 0.2) is 78.9 Å². The zero-order valence-electron chi connectivity index (χ0n) is 22.1. The number of fused-ring (bicyclic) bond motifs is 3. The minimum Gasteiger partial charge on any atom is -0.462 e. The first-order chi connectivity index (χ1) is 19.0. The molecule has 1 N–H and O–H groups in total. The monoisotopic (exact) mass is 521 g/mol. The molecule has 3 atom stereocenters. The Morgan fingerprint density at radius 3 is 2.44 bits per heavy atom. The number of amides is 2. The molecule has 7 heteroatoms. The van der Waals surface area contributed by atoms with Gasteiger partial charge in [0.15, 0.2) is 0 Å². The highest BCUT2D eigenvalue weighted by atomic mass is 16.5. The second-order valence-electron chi connectivity index (χ2n) is 10.3. The van der Waals surface area contributed by atoms with Gasteiger partial charge in [-0.15, -0.1) is 0 Å². The number of esters is 1. The van der Waals surface area contributed by atoms with Crippen LogP contribution in [0.4, 0.5) is 5.69 Å². The molecule has 1 fully saturated rings. The Kier molecular flexibility index (Phi) is 6.53. The Labute approximate surface area is 227 Å². The maximum atomic E-state index is 13.8. The molecule has 39 heavy (non-hydrogen) atoms. The van der Waals surface area contributed by atoms with Crippen LogP contribution in [0.5, 0.6) is 0 Å². The molecule has 3 heterocycles. The van der Waals surface area contributed by atoms with Gasteiger partial charge in [-0.3, -0.25) is 14.5 Å². The van der Waals surface area contributed by atoms with Crippen molar-refractivity contribution >= 4 is 34.4 Å². The summed E-state index contributed by atoms with van der Waals surface area (Å²) in [6.07, 6.45) is 0.850. The van der Waals surface area contributed by atoms with Crippen LogP contribution in [-0.2, 0) is 14.3 Å². The Balaban J connectivity index is 1.32. The number of ether oxygens (including phenoxy) is 1. The number of rotatable bonds is 6. The highest BCUT2D eigenvalue weighted by molar-refractivity contribution is 6.22. The van der Waals surface area contributed by atoms with E-state index in [1.807, 2.05) is 31.2 Å². The molecule has 0 saturated carbocycles. The Hall–Kier alpha value is -4.23. The summed E-state index contributed by atoms with van der Waals surface area (Å²) >= 11 is 0. The van der Waals surface area contributed by atoms with E-state index in [9.17, 15) is 14.4 Å². The topological polar surface area (TPSA) is 82.7 Å². The van der Waals surface area contributed by atoms with E-state index in [-0.39, 0.29) is 30.2 Å². The first-order valence-electron chi connectivity index (χ1n) is 13.5. The zero-order chi connectivity index (χ0) is 27.1. The van der Waals surface area contributed by atoms with Gasteiger partial charge in [-0.05, 0) is 54.8 Å². The summed E-state index contributed by atoms with van der Waals surface area (Å²) in [4.78, 5) is 46.3. The lowest BCUT2D eigenvalue weighted by Crippen LogP contribution is -2.47. The Morgan fingerprint density at radius 2 is 1.69 bits per heavy atom. The van der Waals surface area contributed by atoms with Gasteiger partial charge < -0.3 is 9.72 Å². The van der Waals surface area contributed by atoms with Crippen LogP contribution < -0.4 is 4.90 Å². The number of anilines is 1. The van der Waals surface area contributed by atoms with Crippen molar-refractivity contribution in [3.63, 3.8) is 0 Å². The van der Waals surface area contributed by atoms with Gasteiger partial charge >= 0.3 is 5.97 Å². The number of aromatic nitrogens is 1.